The van der Waals surface area contributed by atoms with Crippen molar-refractivity contribution in [3.05, 3.63) is 101 Å². The van der Waals surface area contributed by atoms with Gasteiger partial charge in [-0.25, -0.2) is 0 Å². The van der Waals surface area contributed by atoms with Crippen LogP contribution in [0.3, 0.4) is 0 Å². The zero-order valence-corrected chi connectivity index (χ0v) is 19.8. The molecule has 6 nitrogen and oxygen atoms in total. The number of nitriles is 1. The van der Waals surface area contributed by atoms with Crippen molar-refractivity contribution >= 4 is 22.9 Å². The van der Waals surface area contributed by atoms with E-state index in [4.69, 9.17) is 9.47 Å². The minimum Gasteiger partial charge on any atom is -0.493 e. The van der Waals surface area contributed by atoms with Gasteiger partial charge in [-0.2, -0.15) is 5.26 Å². The van der Waals surface area contributed by atoms with Gasteiger partial charge in [0.15, 0.2) is 11.5 Å². The van der Waals surface area contributed by atoms with Gasteiger partial charge < -0.3 is 19.8 Å². The third-order valence-corrected chi connectivity index (χ3v) is 5.73. The van der Waals surface area contributed by atoms with E-state index in [2.05, 4.69) is 10.3 Å². The number of benzene rings is 3. The van der Waals surface area contributed by atoms with Crippen LogP contribution < -0.4 is 14.8 Å². The summed E-state index contributed by atoms with van der Waals surface area (Å²) in [6.07, 6.45) is 4.16. The molecular formula is C29H27N3O3. The summed E-state index contributed by atoms with van der Waals surface area (Å²) in [6.45, 7) is 2.88. The highest BCUT2D eigenvalue weighted by molar-refractivity contribution is 6.01. The first-order valence-corrected chi connectivity index (χ1v) is 11.4. The topological polar surface area (TPSA) is 87.1 Å². The molecule has 0 bridgehead atoms. The lowest BCUT2D eigenvalue weighted by molar-refractivity contribution is -0.117. The van der Waals surface area contributed by atoms with Crippen molar-refractivity contribution < 1.29 is 14.3 Å². The number of para-hydroxylation sites is 1. The smallest absolute Gasteiger partial charge is 0.261 e. The van der Waals surface area contributed by atoms with Gasteiger partial charge in [-0.3, -0.25) is 4.79 Å². The van der Waals surface area contributed by atoms with E-state index in [1.54, 1.807) is 31.4 Å². The van der Waals surface area contributed by atoms with Crippen LogP contribution in [0.25, 0.3) is 17.0 Å². The van der Waals surface area contributed by atoms with E-state index in [9.17, 15) is 10.1 Å². The van der Waals surface area contributed by atoms with E-state index in [-0.39, 0.29) is 5.57 Å². The number of ether oxygens (including phenoxy) is 2. The molecule has 0 saturated carbocycles. The molecule has 0 aliphatic heterocycles. The molecule has 0 atom stereocenters. The van der Waals surface area contributed by atoms with Gasteiger partial charge in [0, 0.05) is 23.6 Å². The molecular weight excluding hydrogens is 438 g/mol. The number of aromatic amines is 1. The number of hydrogen-bond acceptors (Lipinski definition) is 4. The van der Waals surface area contributed by atoms with Crippen molar-refractivity contribution in [3.63, 3.8) is 0 Å². The highest BCUT2D eigenvalue weighted by atomic mass is 16.5. The van der Waals surface area contributed by atoms with Gasteiger partial charge in [0.25, 0.3) is 5.91 Å². The van der Waals surface area contributed by atoms with Crippen LogP contribution in [-0.2, 0) is 17.8 Å². The van der Waals surface area contributed by atoms with Gasteiger partial charge in [-0.1, -0.05) is 54.1 Å². The van der Waals surface area contributed by atoms with Crippen molar-refractivity contribution in [2.75, 3.05) is 13.7 Å². The van der Waals surface area contributed by atoms with Crippen LogP contribution >= 0.6 is 0 Å². The molecule has 0 unspecified atom stereocenters. The molecule has 4 rings (SSSR count). The lowest BCUT2D eigenvalue weighted by Crippen LogP contribution is -2.26. The average molecular weight is 466 g/mol. The van der Waals surface area contributed by atoms with Gasteiger partial charge in [0.05, 0.1) is 7.11 Å². The van der Waals surface area contributed by atoms with E-state index >= 15 is 0 Å². The van der Waals surface area contributed by atoms with Crippen molar-refractivity contribution in [1.82, 2.24) is 10.3 Å². The Morgan fingerprint density at radius 3 is 2.66 bits per heavy atom. The van der Waals surface area contributed by atoms with Crippen LogP contribution in [0, 0.1) is 18.3 Å². The third kappa shape index (κ3) is 5.90. The summed E-state index contributed by atoms with van der Waals surface area (Å²) in [5.41, 5.74) is 5.13. The Labute approximate surface area is 204 Å². The number of hydrogen-bond donors (Lipinski definition) is 2. The Balaban J connectivity index is 1.39. The van der Waals surface area contributed by atoms with Gasteiger partial charge in [0.2, 0.25) is 0 Å². The number of amides is 1. The summed E-state index contributed by atoms with van der Waals surface area (Å²) in [5, 5.41) is 13.5. The lowest BCUT2D eigenvalue weighted by atomic mass is 10.1. The first-order valence-electron chi connectivity index (χ1n) is 11.4. The monoisotopic (exact) mass is 465 g/mol. The number of aryl methyl sites for hydroxylation is 1. The first kappa shape index (κ1) is 23.7. The lowest BCUT2D eigenvalue weighted by Gasteiger charge is -2.12. The maximum atomic E-state index is 12.6. The fourth-order valence-electron chi connectivity index (χ4n) is 3.80. The number of aromatic nitrogens is 1. The zero-order chi connectivity index (χ0) is 24.6. The van der Waals surface area contributed by atoms with Crippen LogP contribution in [0.4, 0.5) is 0 Å². The molecule has 1 heterocycles. The molecule has 1 amide bonds. The highest BCUT2D eigenvalue weighted by Gasteiger charge is 2.11. The number of carbonyl (C=O) groups excluding carboxylic acids is 1. The number of nitrogens with zero attached hydrogens (tertiary/aromatic N) is 1. The number of rotatable bonds is 9. The quantitative estimate of drug-likeness (QED) is 0.258. The van der Waals surface area contributed by atoms with E-state index in [0.717, 1.165) is 22.0 Å². The number of fused-ring (bicyclic) bond motifs is 1. The van der Waals surface area contributed by atoms with Crippen LogP contribution in [0.1, 0.15) is 22.3 Å². The Hall–Kier alpha value is -4.50. The second-order valence-corrected chi connectivity index (χ2v) is 8.22. The zero-order valence-electron chi connectivity index (χ0n) is 19.8. The van der Waals surface area contributed by atoms with Gasteiger partial charge >= 0.3 is 0 Å². The predicted octanol–water partition coefficient (Wildman–Crippen LogP) is 5.33. The molecule has 1 aromatic heterocycles. The average Bonchev–Trinajstić information content (AvgIpc) is 3.30. The maximum absolute atomic E-state index is 12.6. The third-order valence-electron chi connectivity index (χ3n) is 5.73. The predicted molar refractivity (Wildman–Crippen MR) is 137 cm³/mol. The number of nitrogens with one attached hydrogen (secondary N) is 2. The Bertz CT molecular complexity index is 1390. The standard InChI is InChI=1S/C29H27N3O3/c1-20-7-9-21(10-8-20)19-35-27-12-11-22(16-28(27)34-2)15-24(17-30)29(33)31-14-13-23-18-32-26-6-4-3-5-25(23)26/h3-12,15-16,18,32H,13-14,19H2,1-2H3,(H,31,33)/b24-15-. The molecule has 0 aliphatic rings. The van der Waals surface area contributed by atoms with Crippen molar-refractivity contribution in [1.29, 1.82) is 5.26 Å². The minimum atomic E-state index is -0.411. The molecule has 0 saturated heterocycles. The molecule has 0 spiro atoms. The van der Waals surface area contributed by atoms with Crippen molar-refractivity contribution in [2.45, 2.75) is 20.0 Å². The highest BCUT2D eigenvalue weighted by Crippen LogP contribution is 2.29. The molecule has 2 N–H and O–H groups in total. The Kier molecular flexibility index (Phi) is 7.49. The van der Waals surface area contributed by atoms with Gasteiger partial charge in [-0.05, 0) is 54.3 Å². The molecule has 4 aromatic rings. The normalized spacial score (nSPS) is 11.2. The van der Waals surface area contributed by atoms with E-state index < -0.39 is 5.91 Å². The SMILES string of the molecule is COc1cc(/C=C(/C#N)C(=O)NCCc2c[nH]c3ccccc23)ccc1OCc1ccc(C)cc1. The fourth-order valence-corrected chi connectivity index (χ4v) is 3.80. The Morgan fingerprint density at radius 2 is 1.89 bits per heavy atom. The second kappa shape index (κ2) is 11.1. The van der Waals surface area contributed by atoms with E-state index in [0.29, 0.717) is 36.6 Å². The molecule has 6 heteroatoms. The molecule has 176 valence electrons. The molecule has 35 heavy (non-hydrogen) atoms. The first-order chi connectivity index (χ1) is 17.1. The summed E-state index contributed by atoms with van der Waals surface area (Å²) < 4.78 is 11.4. The van der Waals surface area contributed by atoms with E-state index in [1.807, 2.05) is 67.7 Å². The summed E-state index contributed by atoms with van der Waals surface area (Å²) >= 11 is 0. The fraction of sp³-hybridized carbons (Fsp3) is 0.172. The van der Waals surface area contributed by atoms with Gasteiger partial charge in [0.1, 0.15) is 18.2 Å². The summed E-state index contributed by atoms with van der Waals surface area (Å²) in [6, 6.07) is 23.5. The Morgan fingerprint density at radius 1 is 1.09 bits per heavy atom. The van der Waals surface area contributed by atoms with Crippen LogP contribution in [0.2, 0.25) is 0 Å². The van der Waals surface area contributed by atoms with Crippen LogP contribution in [0.15, 0.2) is 78.5 Å². The van der Waals surface area contributed by atoms with E-state index in [1.165, 1.54) is 5.56 Å². The largest absolute Gasteiger partial charge is 0.493 e. The molecule has 3 aromatic carbocycles. The minimum absolute atomic E-state index is 0.0271. The van der Waals surface area contributed by atoms with Crippen LogP contribution in [-0.4, -0.2) is 24.5 Å². The summed E-state index contributed by atoms with van der Waals surface area (Å²) in [7, 11) is 1.56. The second-order valence-electron chi connectivity index (χ2n) is 8.22. The number of carbonyl (C=O) groups is 1. The van der Waals surface area contributed by atoms with Crippen molar-refractivity contribution in [3.8, 4) is 17.6 Å². The molecule has 0 fully saturated rings. The van der Waals surface area contributed by atoms with Crippen LogP contribution in [0.5, 0.6) is 11.5 Å². The number of H-pyrrole nitrogens is 1. The van der Waals surface area contributed by atoms with Gasteiger partial charge in [-0.15, -0.1) is 0 Å². The molecule has 0 aliphatic carbocycles. The maximum Gasteiger partial charge on any atom is 0.261 e. The van der Waals surface area contributed by atoms with Crippen molar-refractivity contribution in [2.24, 2.45) is 0 Å². The summed E-state index contributed by atoms with van der Waals surface area (Å²) in [5.74, 6) is 0.709. The summed E-state index contributed by atoms with van der Waals surface area (Å²) in [4.78, 5) is 15.8. The molecule has 0 radical (unpaired) electrons. The number of methoxy groups -OCH3 is 1.